The Kier molecular flexibility index (Phi) is 7.11. The maximum absolute atomic E-state index is 13.8. The molecule has 5 rings (SSSR count). The van der Waals surface area contributed by atoms with Gasteiger partial charge in [-0.1, -0.05) is 31.0 Å². The summed E-state index contributed by atoms with van der Waals surface area (Å²) in [4.78, 5) is 29.1. The van der Waals surface area contributed by atoms with E-state index in [1.165, 1.54) is 6.26 Å². The number of hydrogen-bond acceptors (Lipinski definition) is 6. The third-order valence-corrected chi connectivity index (χ3v) is 6.55. The number of nitrogens with one attached hydrogen (secondary N) is 1. The molecule has 0 spiro atoms. The van der Waals surface area contributed by atoms with Crippen LogP contribution in [-0.4, -0.2) is 36.2 Å². The van der Waals surface area contributed by atoms with E-state index in [1.54, 1.807) is 17.0 Å². The van der Waals surface area contributed by atoms with Gasteiger partial charge in [-0.2, -0.15) is 0 Å². The van der Waals surface area contributed by atoms with E-state index in [2.05, 4.69) is 5.32 Å². The molecular formula is C28H30N2O6. The average molecular weight is 491 g/mol. The molecule has 188 valence electrons. The van der Waals surface area contributed by atoms with E-state index in [0.717, 1.165) is 31.2 Å². The fourth-order valence-electron chi connectivity index (χ4n) is 4.79. The van der Waals surface area contributed by atoms with Crippen LogP contribution < -0.4 is 19.5 Å². The number of fused-ring (bicyclic) bond motifs is 1. The van der Waals surface area contributed by atoms with Gasteiger partial charge in [0.15, 0.2) is 17.3 Å². The summed E-state index contributed by atoms with van der Waals surface area (Å²) in [6.07, 6.45) is 5.51. The summed E-state index contributed by atoms with van der Waals surface area (Å²) in [6, 6.07) is 15.4. The van der Waals surface area contributed by atoms with Crippen LogP contribution in [-0.2, 0) is 11.3 Å². The number of benzene rings is 2. The average Bonchev–Trinajstić information content (AvgIpc) is 3.67. The van der Waals surface area contributed by atoms with Gasteiger partial charge in [-0.25, -0.2) is 0 Å². The van der Waals surface area contributed by atoms with Gasteiger partial charge in [0.2, 0.25) is 12.7 Å². The fourth-order valence-corrected chi connectivity index (χ4v) is 4.79. The molecule has 2 heterocycles. The minimum Gasteiger partial charge on any atom is -0.494 e. The first-order chi connectivity index (χ1) is 17.6. The number of nitrogens with zero attached hydrogens (tertiary/aromatic N) is 1. The number of carbonyl (C=O) groups excluding carboxylic acids is 2. The summed E-state index contributed by atoms with van der Waals surface area (Å²) in [6.45, 7) is 2.79. The Balaban J connectivity index is 1.52. The van der Waals surface area contributed by atoms with Gasteiger partial charge in [0, 0.05) is 12.6 Å². The molecule has 1 aromatic heterocycles. The highest BCUT2D eigenvalue weighted by Gasteiger charge is 2.35. The van der Waals surface area contributed by atoms with Gasteiger partial charge in [0.25, 0.3) is 5.91 Å². The molecule has 1 aliphatic heterocycles. The van der Waals surface area contributed by atoms with Crippen LogP contribution in [0.5, 0.6) is 17.2 Å². The van der Waals surface area contributed by atoms with Crippen LogP contribution in [0.3, 0.4) is 0 Å². The van der Waals surface area contributed by atoms with Crippen molar-refractivity contribution in [3.8, 4) is 17.2 Å². The summed E-state index contributed by atoms with van der Waals surface area (Å²) < 4.78 is 22.0. The number of furan rings is 1. The Hall–Kier alpha value is -3.94. The predicted molar refractivity (Wildman–Crippen MR) is 132 cm³/mol. The molecule has 1 fully saturated rings. The van der Waals surface area contributed by atoms with Gasteiger partial charge in [-0.3, -0.25) is 9.59 Å². The van der Waals surface area contributed by atoms with E-state index in [4.69, 9.17) is 18.6 Å². The minimum atomic E-state index is -0.871. The number of rotatable bonds is 9. The highest BCUT2D eigenvalue weighted by molar-refractivity contribution is 5.96. The first-order valence-corrected chi connectivity index (χ1v) is 12.4. The summed E-state index contributed by atoms with van der Waals surface area (Å²) in [5, 5.41) is 3.19. The van der Waals surface area contributed by atoms with Gasteiger partial charge >= 0.3 is 0 Å². The molecule has 8 heteroatoms. The highest BCUT2D eigenvalue weighted by atomic mass is 16.7. The molecule has 2 amide bonds. The lowest BCUT2D eigenvalue weighted by molar-refractivity contribution is -0.126. The lowest BCUT2D eigenvalue weighted by Crippen LogP contribution is -2.45. The second kappa shape index (κ2) is 10.8. The van der Waals surface area contributed by atoms with Crippen LogP contribution in [0.15, 0.2) is 65.3 Å². The van der Waals surface area contributed by atoms with E-state index in [0.29, 0.717) is 29.4 Å². The van der Waals surface area contributed by atoms with Gasteiger partial charge < -0.3 is 28.8 Å². The normalized spacial score (nSPS) is 15.5. The quantitative estimate of drug-likeness (QED) is 0.461. The molecule has 1 saturated carbocycles. The molecule has 1 N–H and O–H groups in total. The maximum atomic E-state index is 13.8. The van der Waals surface area contributed by atoms with Crippen molar-refractivity contribution in [2.75, 3.05) is 13.4 Å². The van der Waals surface area contributed by atoms with Crippen molar-refractivity contribution in [1.29, 1.82) is 0 Å². The van der Waals surface area contributed by atoms with Crippen molar-refractivity contribution < 1.29 is 28.2 Å². The number of carbonyl (C=O) groups is 2. The van der Waals surface area contributed by atoms with E-state index >= 15 is 0 Å². The van der Waals surface area contributed by atoms with Crippen molar-refractivity contribution in [3.63, 3.8) is 0 Å². The van der Waals surface area contributed by atoms with Crippen LogP contribution in [0.25, 0.3) is 0 Å². The molecule has 2 aromatic carbocycles. The first kappa shape index (κ1) is 23.8. The van der Waals surface area contributed by atoms with Crippen LogP contribution in [0, 0.1) is 0 Å². The molecule has 3 aromatic rings. The second-order valence-electron chi connectivity index (χ2n) is 8.99. The Morgan fingerprint density at radius 3 is 2.56 bits per heavy atom. The molecule has 1 atom stereocenters. The van der Waals surface area contributed by atoms with E-state index < -0.39 is 6.04 Å². The molecule has 36 heavy (non-hydrogen) atoms. The van der Waals surface area contributed by atoms with Crippen LogP contribution in [0.1, 0.15) is 60.3 Å². The molecule has 0 radical (unpaired) electrons. The lowest BCUT2D eigenvalue weighted by atomic mass is 10.0. The monoisotopic (exact) mass is 490 g/mol. The molecule has 0 saturated heterocycles. The number of ether oxygens (including phenoxy) is 3. The minimum absolute atomic E-state index is 0.105. The van der Waals surface area contributed by atoms with Gasteiger partial charge in [0.05, 0.1) is 12.9 Å². The van der Waals surface area contributed by atoms with E-state index in [-0.39, 0.29) is 37.0 Å². The van der Waals surface area contributed by atoms with E-state index in [9.17, 15) is 9.59 Å². The molecular weight excluding hydrogens is 460 g/mol. The highest BCUT2D eigenvalue weighted by Crippen LogP contribution is 2.34. The molecule has 2 aliphatic rings. The number of amides is 2. The Labute approximate surface area is 210 Å². The third-order valence-electron chi connectivity index (χ3n) is 6.55. The third kappa shape index (κ3) is 5.17. The Bertz CT molecular complexity index is 1190. The standard InChI is InChI=1S/C28H30N2O6/c1-2-33-22-12-10-20(11-13-22)26(27(31)29-21-6-3-4-7-21)30(28(32)24-8-5-15-34-24)17-19-9-14-23-25(16-19)36-18-35-23/h5,8-16,21,26H,2-4,6-7,17-18H2,1H3,(H,29,31)/t26-/m0/s1. The second-order valence-corrected chi connectivity index (χ2v) is 8.99. The van der Waals surface area contributed by atoms with Crippen molar-refractivity contribution >= 4 is 11.8 Å². The summed E-state index contributed by atoms with van der Waals surface area (Å²) in [5.41, 5.74) is 1.50. The van der Waals surface area contributed by atoms with Crippen molar-refractivity contribution in [3.05, 3.63) is 77.7 Å². The smallest absolute Gasteiger partial charge is 0.290 e. The Morgan fingerprint density at radius 1 is 1.06 bits per heavy atom. The molecule has 0 unspecified atom stereocenters. The van der Waals surface area contributed by atoms with Crippen LogP contribution >= 0.6 is 0 Å². The zero-order valence-corrected chi connectivity index (χ0v) is 20.3. The van der Waals surface area contributed by atoms with Gasteiger partial charge in [-0.15, -0.1) is 0 Å². The van der Waals surface area contributed by atoms with Gasteiger partial charge in [0.1, 0.15) is 11.8 Å². The van der Waals surface area contributed by atoms with Crippen molar-refractivity contribution in [1.82, 2.24) is 10.2 Å². The lowest BCUT2D eigenvalue weighted by Gasteiger charge is -2.32. The maximum Gasteiger partial charge on any atom is 0.290 e. The van der Waals surface area contributed by atoms with Gasteiger partial charge in [-0.05, 0) is 67.3 Å². The summed E-state index contributed by atoms with van der Waals surface area (Å²) in [7, 11) is 0. The van der Waals surface area contributed by atoms with Crippen molar-refractivity contribution in [2.45, 2.75) is 51.2 Å². The SMILES string of the molecule is CCOc1ccc([C@@H](C(=O)NC2CCCC2)N(Cc2ccc3c(c2)OCO3)C(=O)c2ccco2)cc1. The molecule has 1 aliphatic carbocycles. The number of hydrogen-bond donors (Lipinski definition) is 1. The summed E-state index contributed by atoms with van der Waals surface area (Å²) in [5.74, 6) is 1.55. The molecule has 0 bridgehead atoms. The molecule has 8 nitrogen and oxygen atoms in total. The first-order valence-electron chi connectivity index (χ1n) is 12.4. The fraction of sp³-hybridized carbons (Fsp3) is 0.357. The van der Waals surface area contributed by atoms with Crippen molar-refractivity contribution in [2.24, 2.45) is 0 Å². The largest absolute Gasteiger partial charge is 0.494 e. The topological polar surface area (TPSA) is 90.2 Å². The Morgan fingerprint density at radius 2 is 1.83 bits per heavy atom. The summed E-state index contributed by atoms with van der Waals surface area (Å²) >= 11 is 0. The van der Waals surface area contributed by atoms with Crippen LogP contribution in [0.4, 0.5) is 0 Å². The van der Waals surface area contributed by atoms with E-state index in [1.807, 2.05) is 49.4 Å². The zero-order chi connectivity index (χ0) is 24.9. The predicted octanol–water partition coefficient (Wildman–Crippen LogP) is 4.85. The zero-order valence-electron chi connectivity index (χ0n) is 20.3. The van der Waals surface area contributed by atoms with Crippen LogP contribution in [0.2, 0.25) is 0 Å².